The van der Waals surface area contributed by atoms with Gasteiger partial charge >= 0.3 is 5.97 Å². The summed E-state index contributed by atoms with van der Waals surface area (Å²) in [6, 6.07) is 0.410. The van der Waals surface area contributed by atoms with E-state index in [-0.39, 0.29) is 12.3 Å². The number of likely N-dealkylation sites (N-methyl/N-ethyl adjacent to an activating group) is 1. The van der Waals surface area contributed by atoms with Crippen molar-refractivity contribution in [3.8, 4) is 0 Å². The Morgan fingerprint density at radius 2 is 2.06 bits per heavy atom. The van der Waals surface area contributed by atoms with Crippen LogP contribution in [0.3, 0.4) is 0 Å². The predicted molar refractivity (Wildman–Crippen MR) is 60.1 cm³/mol. The molecule has 1 fully saturated rings. The molecule has 0 aliphatic heterocycles. The summed E-state index contributed by atoms with van der Waals surface area (Å²) in [5.41, 5.74) is 0. The fourth-order valence-electron chi connectivity index (χ4n) is 1.48. The zero-order valence-electron chi connectivity index (χ0n) is 9.74. The van der Waals surface area contributed by atoms with Gasteiger partial charge in [-0.25, -0.2) is 0 Å². The molecular weight excluding hydrogens is 208 g/mol. The fourth-order valence-corrected chi connectivity index (χ4v) is 1.48. The second kappa shape index (κ2) is 6.48. The zero-order valence-corrected chi connectivity index (χ0v) is 9.74. The molecule has 0 spiro atoms. The van der Waals surface area contributed by atoms with E-state index in [1.54, 1.807) is 0 Å². The van der Waals surface area contributed by atoms with Crippen molar-refractivity contribution >= 4 is 11.9 Å². The Morgan fingerprint density at radius 3 is 2.62 bits per heavy atom. The third kappa shape index (κ3) is 6.40. The van der Waals surface area contributed by atoms with Crippen molar-refractivity contribution in [1.29, 1.82) is 0 Å². The van der Waals surface area contributed by atoms with Crippen molar-refractivity contribution in [2.75, 3.05) is 20.1 Å². The van der Waals surface area contributed by atoms with Gasteiger partial charge in [0, 0.05) is 12.5 Å². The largest absolute Gasteiger partial charge is 0.481 e. The maximum absolute atomic E-state index is 11.4. The molecular formula is C11H20N2O3. The number of unbranched alkanes of at least 4 members (excludes halogenated alkanes) is 1. The summed E-state index contributed by atoms with van der Waals surface area (Å²) in [5.74, 6) is -0.683. The van der Waals surface area contributed by atoms with Gasteiger partial charge in [-0.05, 0) is 39.3 Å². The minimum Gasteiger partial charge on any atom is -0.481 e. The highest BCUT2D eigenvalue weighted by Gasteiger charge is 2.23. The fraction of sp³-hybridized carbons (Fsp3) is 0.818. The molecule has 0 radical (unpaired) electrons. The number of carboxylic acids is 1. The van der Waals surface area contributed by atoms with Gasteiger partial charge in [-0.2, -0.15) is 0 Å². The van der Waals surface area contributed by atoms with Gasteiger partial charge in [-0.1, -0.05) is 0 Å². The third-order valence-corrected chi connectivity index (χ3v) is 2.54. The van der Waals surface area contributed by atoms with Gasteiger partial charge in [0.1, 0.15) is 0 Å². The van der Waals surface area contributed by atoms with Gasteiger partial charge in [-0.3, -0.25) is 14.5 Å². The highest BCUT2D eigenvalue weighted by molar-refractivity contribution is 5.78. The van der Waals surface area contributed by atoms with Crippen LogP contribution in [-0.4, -0.2) is 48.1 Å². The molecule has 1 aliphatic carbocycles. The molecule has 92 valence electrons. The second-order valence-corrected chi connectivity index (χ2v) is 4.43. The van der Waals surface area contributed by atoms with Crippen LogP contribution >= 0.6 is 0 Å². The minimum absolute atomic E-state index is 0.0724. The van der Waals surface area contributed by atoms with Gasteiger partial charge < -0.3 is 10.4 Å². The van der Waals surface area contributed by atoms with Crippen LogP contribution in [0.15, 0.2) is 0 Å². The van der Waals surface area contributed by atoms with E-state index >= 15 is 0 Å². The van der Waals surface area contributed by atoms with E-state index in [1.165, 1.54) is 0 Å². The molecule has 2 N–H and O–H groups in total. The Bertz CT molecular complexity index is 252. The highest BCUT2D eigenvalue weighted by Crippen LogP contribution is 2.18. The van der Waals surface area contributed by atoms with Crippen molar-refractivity contribution < 1.29 is 14.7 Å². The highest BCUT2D eigenvalue weighted by atomic mass is 16.4. The van der Waals surface area contributed by atoms with Crippen molar-refractivity contribution in [2.24, 2.45) is 0 Å². The second-order valence-electron chi connectivity index (χ2n) is 4.43. The predicted octanol–water partition coefficient (Wildman–Crippen LogP) is 0.452. The van der Waals surface area contributed by atoms with Gasteiger partial charge in [0.25, 0.3) is 0 Å². The summed E-state index contributed by atoms with van der Waals surface area (Å²) in [5, 5.41) is 11.4. The number of amides is 1. The molecule has 0 aromatic carbocycles. The normalized spacial score (nSPS) is 15.1. The Balaban J connectivity index is 1.98. The number of nitrogens with zero attached hydrogens (tertiary/aromatic N) is 1. The number of hydrogen-bond donors (Lipinski definition) is 2. The van der Waals surface area contributed by atoms with E-state index in [0.29, 0.717) is 19.0 Å². The summed E-state index contributed by atoms with van der Waals surface area (Å²) in [6.45, 7) is 1.18. The first-order valence-electron chi connectivity index (χ1n) is 5.77. The Hall–Kier alpha value is -1.10. The quantitative estimate of drug-likeness (QED) is 0.592. The first kappa shape index (κ1) is 13.0. The monoisotopic (exact) mass is 228 g/mol. The molecule has 0 heterocycles. The molecule has 1 aliphatic rings. The van der Waals surface area contributed by atoms with E-state index in [0.717, 1.165) is 25.8 Å². The van der Waals surface area contributed by atoms with Crippen LogP contribution in [0.1, 0.15) is 32.1 Å². The van der Waals surface area contributed by atoms with E-state index in [1.807, 2.05) is 11.9 Å². The van der Waals surface area contributed by atoms with Crippen LogP contribution in [0.2, 0.25) is 0 Å². The van der Waals surface area contributed by atoms with Gasteiger partial charge in [-0.15, -0.1) is 0 Å². The Kier molecular flexibility index (Phi) is 5.25. The molecule has 0 saturated heterocycles. The molecule has 0 atom stereocenters. The molecule has 5 nitrogen and oxygen atoms in total. The average molecular weight is 228 g/mol. The molecule has 1 rings (SSSR count). The van der Waals surface area contributed by atoms with Crippen LogP contribution in [0, 0.1) is 0 Å². The number of carbonyl (C=O) groups excluding carboxylic acids is 1. The molecule has 0 unspecified atom stereocenters. The van der Waals surface area contributed by atoms with E-state index in [2.05, 4.69) is 5.32 Å². The summed E-state index contributed by atoms with van der Waals surface area (Å²) >= 11 is 0. The summed E-state index contributed by atoms with van der Waals surface area (Å²) in [4.78, 5) is 23.6. The van der Waals surface area contributed by atoms with Crippen molar-refractivity contribution in [3.63, 3.8) is 0 Å². The average Bonchev–Trinajstić information content (AvgIpc) is 2.95. The lowest BCUT2D eigenvalue weighted by atomic mass is 10.2. The maximum Gasteiger partial charge on any atom is 0.303 e. The Labute approximate surface area is 95.8 Å². The molecule has 5 heteroatoms. The number of carboxylic acid groups (broad SMARTS) is 1. The van der Waals surface area contributed by atoms with Crippen molar-refractivity contribution in [2.45, 2.75) is 38.1 Å². The number of nitrogens with one attached hydrogen (secondary N) is 1. The van der Waals surface area contributed by atoms with Crippen LogP contribution in [0.25, 0.3) is 0 Å². The molecule has 1 amide bonds. The lowest BCUT2D eigenvalue weighted by Gasteiger charge is -2.15. The number of aliphatic carboxylic acids is 1. The van der Waals surface area contributed by atoms with Crippen LogP contribution in [-0.2, 0) is 9.59 Å². The molecule has 16 heavy (non-hydrogen) atoms. The molecule has 0 aromatic rings. The summed E-state index contributed by atoms with van der Waals surface area (Å²) in [6.07, 6.45) is 3.91. The molecule has 0 bridgehead atoms. The van der Waals surface area contributed by atoms with E-state index < -0.39 is 5.97 Å². The van der Waals surface area contributed by atoms with Gasteiger partial charge in [0.15, 0.2) is 0 Å². The van der Waals surface area contributed by atoms with Crippen LogP contribution in [0.5, 0.6) is 0 Å². The van der Waals surface area contributed by atoms with Crippen molar-refractivity contribution in [1.82, 2.24) is 10.2 Å². The van der Waals surface area contributed by atoms with Crippen LogP contribution < -0.4 is 5.32 Å². The topological polar surface area (TPSA) is 69.6 Å². The van der Waals surface area contributed by atoms with Gasteiger partial charge in [0.05, 0.1) is 6.54 Å². The molecule has 0 aromatic heterocycles. The standard InChI is InChI=1S/C11H20N2O3/c1-13(7-3-2-4-11(15)16)8-10(14)12-9-5-6-9/h9H,2-8H2,1H3,(H,12,14)(H,15,16). The lowest BCUT2D eigenvalue weighted by molar-refractivity contribution is -0.137. The number of hydrogen-bond acceptors (Lipinski definition) is 3. The first-order chi connectivity index (χ1) is 7.58. The minimum atomic E-state index is -0.755. The number of rotatable bonds is 8. The SMILES string of the molecule is CN(CCCCC(=O)O)CC(=O)NC1CC1. The van der Waals surface area contributed by atoms with Gasteiger partial charge in [0.2, 0.25) is 5.91 Å². The summed E-state index contributed by atoms with van der Waals surface area (Å²) in [7, 11) is 1.88. The molecule has 1 saturated carbocycles. The smallest absolute Gasteiger partial charge is 0.303 e. The Morgan fingerprint density at radius 1 is 1.38 bits per heavy atom. The van der Waals surface area contributed by atoms with E-state index in [4.69, 9.17) is 5.11 Å². The van der Waals surface area contributed by atoms with E-state index in [9.17, 15) is 9.59 Å². The van der Waals surface area contributed by atoms with Crippen molar-refractivity contribution in [3.05, 3.63) is 0 Å². The third-order valence-electron chi connectivity index (χ3n) is 2.54. The maximum atomic E-state index is 11.4. The van der Waals surface area contributed by atoms with Crippen LogP contribution in [0.4, 0.5) is 0 Å². The first-order valence-corrected chi connectivity index (χ1v) is 5.77. The lowest BCUT2D eigenvalue weighted by Crippen LogP contribution is -2.36. The zero-order chi connectivity index (χ0) is 12.0. The summed E-state index contributed by atoms with van der Waals surface area (Å²) < 4.78 is 0. The number of carbonyl (C=O) groups is 2.